The van der Waals surface area contributed by atoms with Crippen molar-refractivity contribution in [1.82, 2.24) is 9.78 Å². The number of nitrogens with two attached hydrogens (primary N) is 1. The average molecular weight is 209 g/mol. The predicted molar refractivity (Wildman–Crippen MR) is 64.0 cm³/mol. The summed E-state index contributed by atoms with van der Waals surface area (Å²) >= 11 is 0. The maximum atomic E-state index is 5.53. The lowest BCUT2D eigenvalue weighted by atomic mass is 10.1. The molecule has 15 heavy (non-hydrogen) atoms. The highest BCUT2D eigenvalue weighted by molar-refractivity contribution is 5.19. The maximum absolute atomic E-state index is 5.53. The van der Waals surface area contributed by atoms with Crippen LogP contribution in [0.1, 0.15) is 45.4 Å². The molecule has 0 spiro atoms. The standard InChI is InChI=1S/C12H23N3/c1-5-11-10(7-6-8-13)9-14-15(11)12(2,3)4/h9H,5-8,13H2,1-4H3. The molecule has 0 saturated carbocycles. The van der Waals surface area contributed by atoms with E-state index in [-0.39, 0.29) is 5.54 Å². The first-order chi connectivity index (χ1) is 7.00. The van der Waals surface area contributed by atoms with E-state index in [0.29, 0.717) is 0 Å². The van der Waals surface area contributed by atoms with Crippen LogP contribution in [0.5, 0.6) is 0 Å². The molecule has 0 unspecified atom stereocenters. The number of hydrogen-bond donors (Lipinski definition) is 1. The Balaban J connectivity index is 2.95. The van der Waals surface area contributed by atoms with Crippen molar-refractivity contribution in [3.63, 3.8) is 0 Å². The van der Waals surface area contributed by atoms with Crippen LogP contribution in [0.3, 0.4) is 0 Å². The topological polar surface area (TPSA) is 43.8 Å². The number of nitrogens with zero attached hydrogens (tertiary/aromatic N) is 2. The molecule has 0 bridgehead atoms. The van der Waals surface area contributed by atoms with Crippen molar-refractivity contribution in [2.75, 3.05) is 6.54 Å². The molecular formula is C12H23N3. The molecule has 86 valence electrons. The summed E-state index contributed by atoms with van der Waals surface area (Å²) in [6.45, 7) is 9.50. The van der Waals surface area contributed by atoms with E-state index in [2.05, 4.69) is 37.5 Å². The smallest absolute Gasteiger partial charge is 0.0546 e. The highest BCUT2D eigenvalue weighted by Crippen LogP contribution is 2.20. The van der Waals surface area contributed by atoms with E-state index in [1.54, 1.807) is 0 Å². The lowest BCUT2D eigenvalue weighted by Gasteiger charge is -2.22. The van der Waals surface area contributed by atoms with Crippen molar-refractivity contribution in [3.8, 4) is 0 Å². The molecule has 0 aromatic carbocycles. The molecule has 0 aliphatic heterocycles. The number of rotatable bonds is 4. The summed E-state index contributed by atoms with van der Waals surface area (Å²) in [5.74, 6) is 0. The van der Waals surface area contributed by atoms with E-state index in [4.69, 9.17) is 5.73 Å². The number of aryl methyl sites for hydroxylation is 1. The van der Waals surface area contributed by atoms with Gasteiger partial charge in [0.15, 0.2) is 0 Å². The maximum Gasteiger partial charge on any atom is 0.0546 e. The van der Waals surface area contributed by atoms with Crippen molar-refractivity contribution >= 4 is 0 Å². The summed E-state index contributed by atoms with van der Waals surface area (Å²) in [4.78, 5) is 0. The van der Waals surface area contributed by atoms with Crippen LogP contribution < -0.4 is 5.73 Å². The molecule has 2 N–H and O–H groups in total. The van der Waals surface area contributed by atoms with E-state index in [9.17, 15) is 0 Å². The molecule has 0 atom stereocenters. The normalized spacial score (nSPS) is 12.1. The number of aromatic nitrogens is 2. The monoisotopic (exact) mass is 209 g/mol. The summed E-state index contributed by atoms with van der Waals surface area (Å²) < 4.78 is 2.14. The molecule has 0 radical (unpaired) electrons. The van der Waals surface area contributed by atoms with Crippen molar-refractivity contribution in [2.45, 2.75) is 52.5 Å². The summed E-state index contributed by atoms with van der Waals surface area (Å²) in [6, 6.07) is 0. The van der Waals surface area contributed by atoms with Gasteiger partial charge in [0.25, 0.3) is 0 Å². The van der Waals surface area contributed by atoms with E-state index in [0.717, 1.165) is 25.8 Å². The molecule has 1 rings (SSSR count). The fourth-order valence-corrected chi connectivity index (χ4v) is 1.86. The van der Waals surface area contributed by atoms with E-state index in [1.807, 2.05) is 6.20 Å². The second-order valence-corrected chi connectivity index (χ2v) is 4.94. The Labute approximate surface area is 92.7 Å². The largest absolute Gasteiger partial charge is 0.330 e. The Kier molecular flexibility index (Phi) is 3.91. The number of hydrogen-bond acceptors (Lipinski definition) is 2. The second-order valence-electron chi connectivity index (χ2n) is 4.94. The minimum Gasteiger partial charge on any atom is -0.330 e. The lowest BCUT2D eigenvalue weighted by Crippen LogP contribution is -2.25. The van der Waals surface area contributed by atoms with Gasteiger partial charge in [-0.25, -0.2) is 0 Å². The van der Waals surface area contributed by atoms with Crippen LogP contribution in [-0.4, -0.2) is 16.3 Å². The second kappa shape index (κ2) is 4.79. The zero-order chi connectivity index (χ0) is 11.5. The molecule has 3 nitrogen and oxygen atoms in total. The predicted octanol–water partition coefficient (Wildman–Crippen LogP) is 2.09. The summed E-state index contributed by atoms with van der Waals surface area (Å²) in [7, 11) is 0. The van der Waals surface area contributed by atoms with Crippen molar-refractivity contribution in [1.29, 1.82) is 0 Å². The fraction of sp³-hybridized carbons (Fsp3) is 0.750. The van der Waals surface area contributed by atoms with Crippen molar-refractivity contribution in [2.24, 2.45) is 5.73 Å². The van der Waals surface area contributed by atoms with Gasteiger partial charge in [0.1, 0.15) is 0 Å². The highest BCUT2D eigenvalue weighted by atomic mass is 15.3. The molecule has 0 saturated heterocycles. The lowest BCUT2D eigenvalue weighted by molar-refractivity contribution is 0.344. The molecule has 3 heteroatoms. The van der Waals surface area contributed by atoms with Crippen LogP contribution >= 0.6 is 0 Å². The molecule has 0 aliphatic carbocycles. The summed E-state index contributed by atoms with van der Waals surface area (Å²) in [6.07, 6.45) is 5.13. The Morgan fingerprint density at radius 2 is 2.07 bits per heavy atom. The van der Waals surface area contributed by atoms with Gasteiger partial charge in [0.05, 0.1) is 11.7 Å². The molecule has 0 aliphatic rings. The van der Waals surface area contributed by atoms with E-state index >= 15 is 0 Å². The van der Waals surface area contributed by atoms with Crippen molar-refractivity contribution < 1.29 is 0 Å². The third-order valence-corrected chi connectivity index (χ3v) is 2.58. The highest BCUT2D eigenvalue weighted by Gasteiger charge is 2.19. The zero-order valence-electron chi connectivity index (χ0n) is 10.4. The van der Waals surface area contributed by atoms with Gasteiger partial charge in [0, 0.05) is 5.69 Å². The van der Waals surface area contributed by atoms with Gasteiger partial charge < -0.3 is 5.73 Å². The van der Waals surface area contributed by atoms with Crippen LogP contribution in [0, 0.1) is 0 Å². The summed E-state index contributed by atoms with van der Waals surface area (Å²) in [5.41, 5.74) is 8.33. The average Bonchev–Trinajstić information content (AvgIpc) is 2.56. The third kappa shape index (κ3) is 2.81. The van der Waals surface area contributed by atoms with Gasteiger partial charge in [-0.1, -0.05) is 6.92 Å². The fourth-order valence-electron chi connectivity index (χ4n) is 1.86. The quantitative estimate of drug-likeness (QED) is 0.825. The Morgan fingerprint density at radius 3 is 2.53 bits per heavy atom. The Hall–Kier alpha value is -0.830. The first-order valence-corrected chi connectivity index (χ1v) is 5.77. The third-order valence-electron chi connectivity index (χ3n) is 2.58. The minimum absolute atomic E-state index is 0.0757. The van der Waals surface area contributed by atoms with E-state index in [1.165, 1.54) is 11.3 Å². The Bertz CT molecular complexity index is 307. The summed E-state index contributed by atoms with van der Waals surface area (Å²) in [5, 5.41) is 4.49. The molecule has 0 amide bonds. The van der Waals surface area contributed by atoms with E-state index < -0.39 is 0 Å². The van der Waals surface area contributed by atoms with Crippen LogP contribution in [-0.2, 0) is 18.4 Å². The Morgan fingerprint density at radius 1 is 1.40 bits per heavy atom. The van der Waals surface area contributed by atoms with Gasteiger partial charge in [-0.2, -0.15) is 5.10 Å². The van der Waals surface area contributed by atoms with Gasteiger partial charge in [-0.3, -0.25) is 4.68 Å². The van der Waals surface area contributed by atoms with Crippen LogP contribution in [0.2, 0.25) is 0 Å². The molecule has 1 aromatic rings. The van der Waals surface area contributed by atoms with Gasteiger partial charge in [-0.15, -0.1) is 0 Å². The first-order valence-electron chi connectivity index (χ1n) is 5.77. The van der Waals surface area contributed by atoms with Gasteiger partial charge in [0.2, 0.25) is 0 Å². The van der Waals surface area contributed by atoms with Gasteiger partial charge >= 0.3 is 0 Å². The molecule has 1 heterocycles. The zero-order valence-corrected chi connectivity index (χ0v) is 10.4. The van der Waals surface area contributed by atoms with Crippen LogP contribution in [0.15, 0.2) is 6.20 Å². The molecule has 1 aromatic heterocycles. The van der Waals surface area contributed by atoms with Crippen LogP contribution in [0.25, 0.3) is 0 Å². The minimum atomic E-state index is 0.0757. The first kappa shape index (κ1) is 12.2. The van der Waals surface area contributed by atoms with Crippen molar-refractivity contribution in [3.05, 3.63) is 17.5 Å². The molecule has 0 fully saturated rings. The van der Waals surface area contributed by atoms with Gasteiger partial charge in [-0.05, 0) is 52.1 Å². The van der Waals surface area contributed by atoms with Crippen LogP contribution in [0.4, 0.5) is 0 Å². The molecular weight excluding hydrogens is 186 g/mol. The SMILES string of the molecule is CCc1c(CCCN)cnn1C(C)(C)C.